The first-order valence-electron chi connectivity index (χ1n) is 7.81. The molecule has 1 N–H and O–H groups in total. The Morgan fingerprint density at radius 2 is 1.88 bits per heavy atom. The molecule has 24 heavy (non-hydrogen) atoms. The van der Waals surface area contributed by atoms with Gasteiger partial charge in [0.25, 0.3) is 5.82 Å². The van der Waals surface area contributed by atoms with E-state index < -0.39 is 12.0 Å². The maximum Gasteiger partial charge on any atom is 0.453 e. The Morgan fingerprint density at radius 1 is 1.17 bits per heavy atom. The number of anilines is 1. The third-order valence-corrected chi connectivity index (χ3v) is 4.26. The largest absolute Gasteiger partial charge is 0.453 e. The minimum atomic E-state index is -4.59. The van der Waals surface area contributed by atoms with Crippen molar-refractivity contribution in [1.29, 1.82) is 0 Å². The highest BCUT2D eigenvalue weighted by atomic mass is 19.4. The number of likely N-dealkylation sites (N-methyl/N-ethyl adjacent to an activating group) is 1. The van der Waals surface area contributed by atoms with Crippen LogP contribution in [0.25, 0.3) is 5.65 Å². The van der Waals surface area contributed by atoms with Crippen molar-refractivity contribution in [3.05, 3.63) is 18.0 Å². The van der Waals surface area contributed by atoms with E-state index in [0.29, 0.717) is 12.4 Å². The van der Waals surface area contributed by atoms with Crippen LogP contribution in [0.1, 0.15) is 12.7 Å². The zero-order valence-electron chi connectivity index (χ0n) is 13.6. The lowest BCUT2D eigenvalue weighted by atomic mass is 10.2. The molecule has 0 spiro atoms. The predicted molar refractivity (Wildman–Crippen MR) is 82.8 cm³/mol. The van der Waals surface area contributed by atoms with Crippen LogP contribution in [-0.2, 0) is 6.18 Å². The van der Waals surface area contributed by atoms with Gasteiger partial charge >= 0.3 is 6.18 Å². The number of hydrogen-bond donors (Lipinski definition) is 1. The van der Waals surface area contributed by atoms with Crippen LogP contribution >= 0.6 is 0 Å². The third-order valence-electron chi connectivity index (χ3n) is 4.26. The van der Waals surface area contributed by atoms with Crippen LogP contribution in [0.3, 0.4) is 0 Å². The molecule has 0 saturated carbocycles. The second-order valence-corrected chi connectivity index (χ2v) is 6.08. The highest BCUT2D eigenvalue weighted by Gasteiger charge is 2.37. The molecule has 0 amide bonds. The van der Waals surface area contributed by atoms with E-state index >= 15 is 0 Å². The summed E-state index contributed by atoms with van der Waals surface area (Å²) in [6.07, 6.45) is -4.59. The van der Waals surface area contributed by atoms with Gasteiger partial charge in [-0.25, -0.2) is 0 Å². The molecule has 0 bridgehead atoms. The maximum atomic E-state index is 12.9. The summed E-state index contributed by atoms with van der Waals surface area (Å²) < 4.78 is 39.4. The van der Waals surface area contributed by atoms with Gasteiger partial charge in [-0.1, -0.05) is 0 Å². The quantitative estimate of drug-likeness (QED) is 0.900. The third kappa shape index (κ3) is 3.59. The normalized spacial score (nSPS) is 18.9. The van der Waals surface area contributed by atoms with Gasteiger partial charge < -0.3 is 10.2 Å². The average molecular weight is 343 g/mol. The van der Waals surface area contributed by atoms with Gasteiger partial charge in [0, 0.05) is 38.8 Å². The van der Waals surface area contributed by atoms with Crippen molar-refractivity contribution in [2.45, 2.75) is 19.1 Å². The summed E-state index contributed by atoms with van der Waals surface area (Å²) in [5.74, 6) is -0.748. The zero-order chi connectivity index (χ0) is 17.3. The Kier molecular flexibility index (Phi) is 4.59. The van der Waals surface area contributed by atoms with Gasteiger partial charge in [0.15, 0.2) is 5.65 Å². The second-order valence-electron chi connectivity index (χ2n) is 6.08. The number of hydrogen-bond acceptors (Lipinski definition) is 6. The van der Waals surface area contributed by atoms with Crippen molar-refractivity contribution < 1.29 is 13.2 Å². The Hall–Kier alpha value is -1.94. The van der Waals surface area contributed by atoms with Crippen LogP contribution in [0.4, 0.5) is 19.0 Å². The van der Waals surface area contributed by atoms with Crippen LogP contribution in [0.15, 0.2) is 12.1 Å². The summed E-state index contributed by atoms with van der Waals surface area (Å²) >= 11 is 0. The first-order valence-corrected chi connectivity index (χ1v) is 7.81. The van der Waals surface area contributed by atoms with Gasteiger partial charge in [0.1, 0.15) is 5.82 Å². The van der Waals surface area contributed by atoms with Gasteiger partial charge in [-0.3, -0.25) is 4.90 Å². The molecule has 2 aromatic heterocycles. The fourth-order valence-corrected chi connectivity index (χ4v) is 2.70. The standard InChI is InChI=1S/C14H20F3N7/c1-10(23-7-5-22(2)6-8-23)9-18-11-3-4-12-19-20-13(14(15,16)17)24(12)21-11/h3-4,10H,5-9H2,1-2H3,(H,18,21). The Morgan fingerprint density at radius 3 is 2.54 bits per heavy atom. The number of piperazine rings is 1. The molecule has 1 unspecified atom stereocenters. The molecule has 132 valence electrons. The van der Waals surface area contributed by atoms with Crippen LogP contribution in [0.2, 0.25) is 0 Å². The van der Waals surface area contributed by atoms with Crippen LogP contribution in [0.5, 0.6) is 0 Å². The minimum Gasteiger partial charge on any atom is -0.367 e. The molecule has 1 saturated heterocycles. The van der Waals surface area contributed by atoms with Crippen molar-refractivity contribution in [2.75, 3.05) is 45.1 Å². The number of nitrogens with zero attached hydrogens (tertiary/aromatic N) is 6. The summed E-state index contributed by atoms with van der Waals surface area (Å²) in [5, 5.41) is 13.7. The van der Waals surface area contributed by atoms with Crippen molar-refractivity contribution in [2.24, 2.45) is 0 Å². The summed E-state index contributed by atoms with van der Waals surface area (Å²) in [7, 11) is 2.09. The number of nitrogens with one attached hydrogen (secondary N) is 1. The molecule has 10 heteroatoms. The Labute approximate surface area is 137 Å². The van der Waals surface area contributed by atoms with Gasteiger partial charge in [-0.2, -0.15) is 17.7 Å². The fourth-order valence-electron chi connectivity index (χ4n) is 2.70. The van der Waals surface area contributed by atoms with Gasteiger partial charge in [0.2, 0.25) is 0 Å². The molecular formula is C14H20F3N7. The number of alkyl halides is 3. The SMILES string of the molecule is CC(CNc1ccc2nnc(C(F)(F)F)n2n1)N1CCN(C)CC1. The van der Waals surface area contributed by atoms with E-state index in [1.807, 2.05) is 0 Å². The monoisotopic (exact) mass is 343 g/mol. The molecule has 1 aliphatic heterocycles. The molecule has 7 nitrogen and oxygen atoms in total. The van der Waals surface area contributed by atoms with Crippen LogP contribution in [-0.4, -0.2) is 75.4 Å². The summed E-state index contributed by atoms with van der Waals surface area (Å²) in [6, 6.07) is 3.35. The van der Waals surface area contributed by atoms with Crippen LogP contribution in [0, 0.1) is 0 Å². The second kappa shape index (κ2) is 6.52. The highest BCUT2D eigenvalue weighted by Crippen LogP contribution is 2.27. The van der Waals surface area contributed by atoms with Gasteiger partial charge in [0.05, 0.1) is 0 Å². The Balaban J connectivity index is 1.67. The Bertz CT molecular complexity index is 691. The number of aromatic nitrogens is 4. The van der Waals surface area contributed by atoms with Crippen LogP contribution < -0.4 is 5.32 Å². The van der Waals surface area contributed by atoms with Crippen molar-refractivity contribution >= 4 is 11.5 Å². The van der Waals surface area contributed by atoms with E-state index in [2.05, 4.69) is 44.4 Å². The lowest BCUT2D eigenvalue weighted by Crippen LogP contribution is -2.49. The first-order chi connectivity index (χ1) is 11.3. The minimum absolute atomic E-state index is 0.0694. The lowest BCUT2D eigenvalue weighted by Gasteiger charge is -2.36. The lowest BCUT2D eigenvalue weighted by molar-refractivity contribution is -0.146. The van der Waals surface area contributed by atoms with Crippen molar-refractivity contribution in [3.8, 4) is 0 Å². The number of rotatable bonds is 4. The van der Waals surface area contributed by atoms with Crippen molar-refractivity contribution in [1.82, 2.24) is 29.6 Å². The molecule has 3 rings (SSSR count). The fraction of sp³-hybridized carbons (Fsp3) is 0.643. The molecule has 1 aliphatic rings. The summed E-state index contributed by atoms with van der Waals surface area (Å²) in [5.41, 5.74) is 0.0694. The van der Waals surface area contributed by atoms with Gasteiger partial charge in [-0.05, 0) is 26.1 Å². The molecule has 1 fully saturated rings. The predicted octanol–water partition coefficient (Wildman–Crippen LogP) is 1.19. The maximum absolute atomic E-state index is 12.9. The van der Waals surface area contributed by atoms with Gasteiger partial charge in [-0.15, -0.1) is 15.3 Å². The molecule has 0 aromatic carbocycles. The number of fused-ring (bicyclic) bond motifs is 1. The summed E-state index contributed by atoms with van der Waals surface area (Å²) in [6.45, 7) is 6.70. The first kappa shape index (κ1) is 16.9. The van der Waals surface area contributed by atoms with E-state index in [1.54, 1.807) is 6.07 Å². The van der Waals surface area contributed by atoms with E-state index in [0.717, 1.165) is 30.7 Å². The van der Waals surface area contributed by atoms with E-state index in [-0.39, 0.29) is 11.7 Å². The highest BCUT2D eigenvalue weighted by molar-refractivity contribution is 5.44. The molecule has 1 atom stereocenters. The average Bonchev–Trinajstić information content (AvgIpc) is 2.96. The molecular weight excluding hydrogens is 323 g/mol. The molecule has 0 radical (unpaired) electrons. The molecule has 3 heterocycles. The smallest absolute Gasteiger partial charge is 0.367 e. The molecule has 0 aliphatic carbocycles. The topological polar surface area (TPSA) is 61.6 Å². The zero-order valence-corrected chi connectivity index (χ0v) is 13.6. The van der Waals surface area contributed by atoms with Crippen molar-refractivity contribution in [3.63, 3.8) is 0 Å². The summed E-state index contributed by atoms with van der Waals surface area (Å²) in [4.78, 5) is 4.63. The van der Waals surface area contributed by atoms with E-state index in [4.69, 9.17) is 0 Å². The van der Waals surface area contributed by atoms with E-state index in [9.17, 15) is 13.2 Å². The van der Waals surface area contributed by atoms with E-state index in [1.165, 1.54) is 6.07 Å². The number of halogens is 3. The molecule has 2 aromatic rings.